The Bertz CT molecular complexity index is 481. The molecule has 0 heterocycles. The summed E-state index contributed by atoms with van der Waals surface area (Å²) in [6.07, 6.45) is 2.44. The average Bonchev–Trinajstić information content (AvgIpc) is 2.36. The van der Waals surface area contributed by atoms with E-state index in [1.54, 1.807) is 19.1 Å². The third-order valence-corrected chi connectivity index (χ3v) is 2.35. The van der Waals surface area contributed by atoms with E-state index in [1.165, 1.54) is 6.08 Å². The molecular formula is C15H16O3. The van der Waals surface area contributed by atoms with Crippen molar-refractivity contribution in [3.63, 3.8) is 0 Å². The first-order valence-electron chi connectivity index (χ1n) is 5.46. The van der Waals surface area contributed by atoms with Gasteiger partial charge in [0.25, 0.3) is 0 Å². The predicted molar refractivity (Wildman–Crippen MR) is 72.6 cm³/mol. The second-order valence-corrected chi connectivity index (χ2v) is 3.86. The maximum atomic E-state index is 11.3. The average molecular weight is 244 g/mol. The zero-order valence-electron chi connectivity index (χ0n) is 10.3. The topological polar surface area (TPSA) is 46.5 Å². The number of aliphatic hydroxyl groups excluding tert-OH is 1. The van der Waals surface area contributed by atoms with E-state index in [2.05, 4.69) is 13.2 Å². The summed E-state index contributed by atoms with van der Waals surface area (Å²) >= 11 is 0. The molecule has 0 aliphatic heterocycles. The summed E-state index contributed by atoms with van der Waals surface area (Å²) in [6, 6.07) is 7.11. The minimum atomic E-state index is -0.119. The van der Waals surface area contributed by atoms with E-state index in [0.29, 0.717) is 16.9 Å². The van der Waals surface area contributed by atoms with Crippen LogP contribution in [0.1, 0.15) is 12.5 Å². The molecule has 3 heteroatoms. The van der Waals surface area contributed by atoms with Crippen LogP contribution in [-0.4, -0.2) is 17.5 Å². The van der Waals surface area contributed by atoms with Crippen LogP contribution in [0.25, 0.3) is 5.57 Å². The molecule has 1 rings (SSSR count). The van der Waals surface area contributed by atoms with Crippen molar-refractivity contribution in [3.8, 4) is 5.75 Å². The summed E-state index contributed by atoms with van der Waals surface area (Å²) < 4.78 is 5.32. The number of benzene rings is 1. The van der Waals surface area contributed by atoms with Gasteiger partial charge in [-0.05, 0) is 41.8 Å². The molecule has 0 radical (unpaired) electrons. The monoisotopic (exact) mass is 244 g/mol. The Morgan fingerprint density at radius 3 is 2.44 bits per heavy atom. The van der Waals surface area contributed by atoms with Crippen LogP contribution in [0.4, 0.5) is 0 Å². The first kappa shape index (κ1) is 13.8. The highest BCUT2D eigenvalue weighted by atomic mass is 16.5. The van der Waals surface area contributed by atoms with Gasteiger partial charge >= 0.3 is 0 Å². The fourth-order valence-corrected chi connectivity index (χ4v) is 1.22. The Morgan fingerprint density at radius 2 is 1.94 bits per heavy atom. The van der Waals surface area contributed by atoms with Crippen molar-refractivity contribution in [2.75, 3.05) is 6.61 Å². The van der Waals surface area contributed by atoms with Crippen molar-refractivity contribution in [1.29, 1.82) is 0 Å². The number of rotatable bonds is 6. The van der Waals surface area contributed by atoms with Crippen molar-refractivity contribution >= 4 is 11.4 Å². The van der Waals surface area contributed by atoms with Gasteiger partial charge in [-0.25, -0.2) is 0 Å². The lowest BCUT2D eigenvalue weighted by atomic mass is 10.1. The van der Waals surface area contributed by atoms with E-state index in [4.69, 9.17) is 9.84 Å². The molecule has 1 aromatic carbocycles. The molecule has 0 spiro atoms. The predicted octanol–water partition coefficient (Wildman–Crippen LogP) is 3.30. The second kappa shape index (κ2) is 6.45. The van der Waals surface area contributed by atoms with Crippen LogP contribution in [-0.2, 0) is 4.79 Å². The van der Waals surface area contributed by atoms with Crippen LogP contribution in [0, 0.1) is 0 Å². The molecule has 1 aromatic rings. The summed E-state index contributed by atoms with van der Waals surface area (Å²) in [5.74, 6) is 0.487. The molecule has 18 heavy (non-hydrogen) atoms. The van der Waals surface area contributed by atoms with Crippen LogP contribution in [0.2, 0.25) is 0 Å². The molecule has 0 unspecified atom stereocenters. The molecule has 0 atom stereocenters. The van der Waals surface area contributed by atoms with Crippen molar-refractivity contribution in [2.24, 2.45) is 0 Å². The number of aliphatic hydroxyl groups is 1. The molecular weight excluding hydrogens is 228 g/mol. The number of hydrogen-bond donors (Lipinski definition) is 1. The zero-order chi connectivity index (χ0) is 13.5. The maximum absolute atomic E-state index is 11.3. The zero-order valence-corrected chi connectivity index (χ0v) is 10.3. The van der Waals surface area contributed by atoms with Gasteiger partial charge in [0.2, 0.25) is 0 Å². The lowest BCUT2D eigenvalue weighted by Crippen LogP contribution is -2.11. The van der Waals surface area contributed by atoms with E-state index in [9.17, 15) is 4.79 Å². The molecule has 0 aliphatic carbocycles. The molecule has 0 fully saturated rings. The van der Waals surface area contributed by atoms with Gasteiger partial charge in [-0.2, -0.15) is 0 Å². The molecule has 94 valence electrons. The van der Waals surface area contributed by atoms with E-state index < -0.39 is 0 Å². The Labute approximate surface area is 107 Å². The van der Waals surface area contributed by atoms with Gasteiger partial charge in [0.15, 0.2) is 12.4 Å². The SMILES string of the molecule is C=C(C)C(=O)COc1ccc(C(=C)/C=C/O)cc1. The quantitative estimate of drug-likeness (QED) is 0.474. The van der Waals surface area contributed by atoms with Gasteiger partial charge < -0.3 is 9.84 Å². The maximum Gasteiger partial charge on any atom is 0.195 e. The molecule has 0 saturated heterocycles. The van der Waals surface area contributed by atoms with Crippen LogP contribution in [0.3, 0.4) is 0 Å². The van der Waals surface area contributed by atoms with Crippen LogP contribution < -0.4 is 4.74 Å². The van der Waals surface area contributed by atoms with Crippen molar-refractivity contribution in [2.45, 2.75) is 6.92 Å². The van der Waals surface area contributed by atoms with Crippen LogP contribution >= 0.6 is 0 Å². The van der Waals surface area contributed by atoms with Gasteiger partial charge in [-0.3, -0.25) is 4.79 Å². The lowest BCUT2D eigenvalue weighted by Gasteiger charge is -2.06. The second-order valence-electron chi connectivity index (χ2n) is 3.86. The van der Waals surface area contributed by atoms with Crippen LogP contribution in [0.15, 0.2) is 55.3 Å². The minimum absolute atomic E-state index is 0.00777. The number of carbonyl (C=O) groups is 1. The fraction of sp³-hybridized carbons (Fsp3) is 0.133. The van der Waals surface area contributed by atoms with Crippen molar-refractivity contribution in [1.82, 2.24) is 0 Å². The van der Waals surface area contributed by atoms with E-state index in [-0.39, 0.29) is 12.4 Å². The molecule has 0 amide bonds. The van der Waals surface area contributed by atoms with E-state index in [0.717, 1.165) is 11.8 Å². The Hall–Kier alpha value is -2.29. The first-order chi connectivity index (χ1) is 8.54. The summed E-state index contributed by atoms with van der Waals surface area (Å²) in [5.41, 5.74) is 2.05. The van der Waals surface area contributed by atoms with Crippen molar-refractivity contribution in [3.05, 3.63) is 60.9 Å². The molecule has 3 nitrogen and oxygen atoms in total. The number of carbonyl (C=O) groups excluding carboxylic acids is 1. The largest absolute Gasteiger partial charge is 0.516 e. The third kappa shape index (κ3) is 3.94. The molecule has 0 aromatic heterocycles. The van der Waals surface area contributed by atoms with E-state index in [1.807, 2.05) is 12.1 Å². The molecule has 0 saturated carbocycles. The third-order valence-electron chi connectivity index (χ3n) is 2.35. The summed E-state index contributed by atoms with van der Waals surface area (Å²) in [4.78, 5) is 11.3. The Kier molecular flexibility index (Phi) is 4.93. The minimum Gasteiger partial charge on any atom is -0.516 e. The molecule has 1 N–H and O–H groups in total. The normalized spacial score (nSPS) is 10.3. The first-order valence-corrected chi connectivity index (χ1v) is 5.46. The Balaban J connectivity index is 2.63. The Morgan fingerprint density at radius 1 is 1.33 bits per heavy atom. The summed E-state index contributed by atoms with van der Waals surface area (Å²) in [6.45, 7) is 8.99. The van der Waals surface area contributed by atoms with Gasteiger partial charge in [0.1, 0.15) is 5.75 Å². The van der Waals surface area contributed by atoms with Gasteiger partial charge in [-0.15, -0.1) is 0 Å². The lowest BCUT2D eigenvalue weighted by molar-refractivity contribution is -0.117. The van der Waals surface area contributed by atoms with Crippen LogP contribution in [0.5, 0.6) is 5.75 Å². The molecule has 0 aliphatic rings. The highest BCUT2D eigenvalue weighted by molar-refractivity contribution is 5.95. The van der Waals surface area contributed by atoms with Crippen molar-refractivity contribution < 1.29 is 14.6 Å². The molecule has 0 bridgehead atoms. The number of ether oxygens (including phenoxy) is 1. The number of allylic oxidation sites excluding steroid dienone is 2. The van der Waals surface area contributed by atoms with Gasteiger partial charge in [-0.1, -0.05) is 25.3 Å². The fourth-order valence-electron chi connectivity index (χ4n) is 1.22. The standard InChI is InChI=1S/C15H16O3/c1-11(2)15(17)10-18-14-6-4-13(5-7-14)12(3)8-9-16/h4-9,16H,1,3,10H2,2H3/b9-8+. The highest BCUT2D eigenvalue weighted by Crippen LogP contribution is 2.18. The number of ketones is 1. The van der Waals surface area contributed by atoms with Gasteiger partial charge in [0, 0.05) is 0 Å². The van der Waals surface area contributed by atoms with Gasteiger partial charge in [0.05, 0.1) is 6.26 Å². The van der Waals surface area contributed by atoms with E-state index >= 15 is 0 Å². The smallest absolute Gasteiger partial charge is 0.195 e. The highest BCUT2D eigenvalue weighted by Gasteiger charge is 2.03. The number of Topliss-reactive ketones (excluding diaryl/α,β-unsaturated/α-hetero) is 1. The summed E-state index contributed by atoms with van der Waals surface area (Å²) in [7, 11) is 0. The number of hydrogen-bond acceptors (Lipinski definition) is 3. The summed E-state index contributed by atoms with van der Waals surface area (Å²) in [5, 5.41) is 8.64.